The summed E-state index contributed by atoms with van der Waals surface area (Å²) in [6.45, 7) is 6.47. The van der Waals surface area contributed by atoms with E-state index in [0.29, 0.717) is 23.1 Å². The molecule has 4 heterocycles. The maximum Gasteiger partial charge on any atom is 0.258 e. The summed E-state index contributed by atoms with van der Waals surface area (Å²) in [5.41, 5.74) is 4.77. The van der Waals surface area contributed by atoms with Gasteiger partial charge in [0.25, 0.3) is 5.91 Å². The molecule has 0 atom stereocenters. The Balaban J connectivity index is 1.58. The first kappa shape index (κ1) is 15.3. The van der Waals surface area contributed by atoms with Crippen molar-refractivity contribution < 1.29 is 4.79 Å². The van der Waals surface area contributed by atoms with Gasteiger partial charge in [-0.2, -0.15) is 0 Å². The van der Waals surface area contributed by atoms with Crippen LogP contribution in [0.1, 0.15) is 23.4 Å². The molecule has 2 N–H and O–H groups in total. The van der Waals surface area contributed by atoms with Crippen molar-refractivity contribution in [3.05, 3.63) is 34.2 Å². The minimum atomic E-state index is -0.145. The maximum atomic E-state index is 12.6. The number of nitrogens with one attached hydrogen (secondary N) is 2. The highest BCUT2D eigenvalue weighted by Crippen LogP contribution is 2.25. The number of likely N-dealkylation sites (tertiary alicyclic amines) is 1. The smallest absolute Gasteiger partial charge is 0.258 e. The van der Waals surface area contributed by atoms with Crippen LogP contribution in [-0.2, 0) is 4.79 Å². The van der Waals surface area contributed by atoms with Crippen LogP contribution in [-0.4, -0.2) is 46.3 Å². The first-order chi connectivity index (χ1) is 11.6. The lowest BCUT2D eigenvalue weighted by Crippen LogP contribution is -2.33. The fourth-order valence-corrected chi connectivity index (χ4v) is 3.81. The van der Waals surface area contributed by atoms with Crippen molar-refractivity contribution >= 4 is 28.2 Å². The van der Waals surface area contributed by atoms with Crippen molar-refractivity contribution in [2.24, 2.45) is 4.99 Å². The van der Waals surface area contributed by atoms with Gasteiger partial charge in [-0.05, 0) is 32.8 Å². The van der Waals surface area contributed by atoms with Crippen LogP contribution in [0.2, 0.25) is 0 Å². The number of amidine groups is 1. The SMILES string of the molecule is Cc1nc(NC(=O)C2=C3N=C(N4CCCC4)C=CN3NC2)sc1C. The number of nitrogens with zero attached hydrogens (tertiary/aromatic N) is 4. The first-order valence-corrected chi connectivity index (χ1v) is 8.96. The molecule has 0 spiro atoms. The van der Waals surface area contributed by atoms with E-state index >= 15 is 0 Å². The van der Waals surface area contributed by atoms with Crippen LogP contribution in [0.3, 0.4) is 0 Å². The van der Waals surface area contributed by atoms with Gasteiger partial charge in [-0.1, -0.05) is 0 Å². The number of aromatic nitrogens is 1. The van der Waals surface area contributed by atoms with Crippen LogP contribution >= 0.6 is 11.3 Å². The van der Waals surface area contributed by atoms with E-state index in [2.05, 4.69) is 20.6 Å². The summed E-state index contributed by atoms with van der Waals surface area (Å²) in [4.78, 5) is 25.1. The van der Waals surface area contributed by atoms with Gasteiger partial charge in [-0.25, -0.2) is 15.4 Å². The number of hydrazine groups is 1. The average Bonchev–Trinajstić information content (AvgIpc) is 3.28. The van der Waals surface area contributed by atoms with Gasteiger partial charge in [0.05, 0.1) is 11.3 Å². The minimum Gasteiger partial charge on any atom is -0.357 e. The lowest BCUT2D eigenvalue weighted by molar-refractivity contribution is -0.112. The Hall–Kier alpha value is -2.19. The van der Waals surface area contributed by atoms with Crippen LogP contribution in [0.15, 0.2) is 28.7 Å². The zero-order valence-corrected chi connectivity index (χ0v) is 14.6. The standard InChI is InChI=1S/C16H20N6OS/c1-10-11(2)24-16(18-10)20-15(23)12-9-17-22-8-5-13(19-14(12)22)21-6-3-4-7-21/h5,8,17H,3-4,6-7,9H2,1-2H3,(H,18,20,23). The van der Waals surface area contributed by atoms with E-state index in [1.807, 2.05) is 31.1 Å². The second-order valence-corrected chi connectivity index (χ2v) is 7.30. The number of thiazole rings is 1. The molecule has 7 nitrogen and oxygen atoms in total. The molecule has 24 heavy (non-hydrogen) atoms. The molecule has 0 bridgehead atoms. The minimum absolute atomic E-state index is 0.145. The second kappa shape index (κ2) is 6.03. The Bertz CT molecular complexity index is 752. The zero-order chi connectivity index (χ0) is 16.7. The number of carbonyl (C=O) groups is 1. The summed E-state index contributed by atoms with van der Waals surface area (Å²) >= 11 is 1.49. The lowest BCUT2D eigenvalue weighted by atomic mass is 10.2. The molecule has 0 aliphatic carbocycles. The summed E-state index contributed by atoms with van der Waals surface area (Å²) in [6.07, 6.45) is 6.33. The van der Waals surface area contributed by atoms with Gasteiger partial charge in [-0.3, -0.25) is 15.1 Å². The average molecular weight is 344 g/mol. The van der Waals surface area contributed by atoms with Gasteiger partial charge in [0.2, 0.25) is 0 Å². The molecule has 0 saturated carbocycles. The summed E-state index contributed by atoms with van der Waals surface area (Å²) in [5.74, 6) is 1.48. The maximum absolute atomic E-state index is 12.6. The molecule has 3 aliphatic rings. The number of hydrogen-bond acceptors (Lipinski definition) is 7. The quantitative estimate of drug-likeness (QED) is 0.855. The molecule has 1 amide bonds. The Kier molecular flexibility index (Phi) is 3.85. The van der Waals surface area contributed by atoms with Crippen LogP contribution in [0, 0.1) is 13.8 Å². The first-order valence-electron chi connectivity index (χ1n) is 8.15. The van der Waals surface area contributed by atoms with Crippen LogP contribution in [0.25, 0.3) is 0 Å². The number of rotatable bonds is 2. The highest BCUT2D eigenvalue weighted by atomic mass is 32.1. The third-order valence-corrected chi connectivity index (χ3v) is 5.46. The van der Waals surface area contributed by atoms with Crippen LogP contribution in [0.4, 0.5) is 5.13 Å². The van der Waals surface area contributed by atoms with E-state index in [9.17, 15) is 4.79 Å². The molecule has 0 unspecified atom stereocenters. The molecular formula is C16H20N6OS. The molecule has 8 heteroatoms. The van der Waals surface area contributed by atoms with E-state index in [1.54, 1.807) is 0 Å². The Morgan fingerprint density at radius 1 is 1.33 bits per heavy atom. The summed E-state index contributed by atoms with van der Waals surface area (Å²) < 4.78 is 0. The monoisotopic (exact) mass is 344 g/mol. The van der Waals surface area contributed by atoms with E-state index in [1.165, 1.54) is 24.2 Å². The van der Waals surface area contributed by atoms with E-state index in [4.69, 9.17) is 4.99 Å². The number of amides is 1. The van der Waals surface area contributed by atoms with Gasteiger partial charge in [0, 0.05) is 30.7 Å². The highest BCUT2D eigenvalue weighted by molar-refractivity contribution is 7.15. The van der Waals surface area contributed by atoms with Crippen molar-refractivity contribution in [2.75, 3.05) is 25.0 Å². The summed E-state index contributed by atoms with van der Waals surface area (Å²) in [6, 6.07) is 0. The summed E-state index contributed by atoms with van der Waals surface area (Å²) in [7, 11) is 0. The Morgan fingerprint density at radius 2 is 2.12 bits per heavy atom. The largest absolute Gasteiger partial charge is 0.357 e. The molecule has 0 radical (unpaired) electrons. The number of aryl methyl sites for hydroxylation is 2. The highest BCUT2D eigenvalue weighted by Gasteiger charge is 2.29. The molecule has 0 aromatic carbocycles. The number of hydrogen-bond donors (Lipinski definition) is 2. The number of aliphatic imine (C=N–C) groups is 1. The molecule has 126 valence electrons. The second-order valence-electron chi connectivity index (χ2n) is 6.10. The van der Waals surface area contributed by atoms with Gasteiger partial charge in [0.1, 0.15) is 5.84 Å². The van der Waals surface area contributed by atoms with E-state index in [0.717, 1.165) is 29.5 Å². The molecule has 4 rings (SSSR count). The molecule has 3 aliphatic heterocycles. The predicted molar refractivity (Wildman–Crippen MR) is 94.5 cm³/mol. The van der Waals surface area contributed by atoms with E-state index < -0.39 is 0 Å². The molecule has 1 aromatic rings. The molecule has 1 aromatic heterocycles. The lowest BCUT2D eigenvalue weighted by Gasteiger charge is -2.24. The normalized spacial score (nSPS) is 19.8. The van der Waals surface area contributed by atoms with Crippen LogP contribution in [0.5, 0.6) is 0 Å². The number of carbonyl (C=O) groups excluding carboxylic acids is 1. The van der Waals surface area contributed by atoms with Crippen molar-refractivity contribution in [3.63, 3.8) is 0 Å². The van der Waals surface area contributed by atoms with Gasteiger partial charge in [-0.15, -0.1) is 11.3 Å². The number of anilines is 1. The molecule has 1 fully saturated rings. The molecule has 1 saturated heterocycles. The van der Waals surface area contributed by atoms with Gasteiger partial charge < -0.3 is 4.90 Å². The van der Waals surface area contributed by atoms with E-state index in [-0.39, 0.29) is 5.91 Å². The Morgan fingerprint density at radius 3 is 2.83 bits per heavy atom. The predicted octanol–water partition coefficient (Wildman–Crippen LogP) is 1.75. The van der Waals surface area contributed by atoms with Crippen molar-refractivity contribution in [1.29, 1.82) is 0 Å². The summed E-state index contributed by atoms with van der Waals surface area (Å²) in [5, 5.41) is 5.35. The third kappa shape index (κ3) is 2.71. The topological polar surface area (TPSA) is 72.9 Å². The Labute approximate surface area is 144 Å². The fraction of sp³-hybridized carbons (Fsp3) is 0.438. The third-order valence-electron chi connectivity index (χ3n) is 4.47. The zero-order valence-electron chi connectivity index (χ0n) is 13.8. The van der Waals surface area contributed by atoms with Gasteiger partial charge in [0.15, 0.2) is 11.0 Å². The van der Waals surface area contributed by atoms with Crippen molar-refractivity contribution in [2.45, 2.75) is 26.7 Å². The van der Waals surface area contributed by atoms with Crippen molar-refractivity contribution in [1.82, 2.24) is 20.3 Å². The van der Waals surface area contributed by atoms with Gasteiger partial charge >= 0.3 is 0 Å². The fourth-order valence-electron chi connectivity index (χ4n) is 3.00. The molecular weight excluding hydrogens is 324 g/mol. The van der Waals surface area contributed by atoms with Crippen molar-refractivity contribution in [3.8, 4) is 0 Å². The number of fused-ring (bicyclic) bond motifs is 1. The van der Waals surface area contributed by atoms with Crippen LogP contribution < -0.4 is 10.7 Å².